The fourth-order valence-corrected chi connectivity index (χ4v) is 5.26. The molecule has 1 aromatic heterocycles. The molecule has 2 aromatic rings. The predicted molar refractivity (Wildman–Crippen MR) is 102 cm³/mol. The Kier molecular flexibility index (Phi) is 4.77. The van der Waals surface area contributed by atoms with Gasteiger partial charge in [0.15, 0.2) is 4.60 Å². The smallest absolute Gasteiger partial charge is 0.383 e. The lowest BCUT2D eigenvalue weighted by molar-refractivity contribution is -0.137. The lowest BCUT2D eigenvalue weighted by Gasteiger charge is -2.40. The number of aromatic nitrogens is 3. The summed E-state index contributed by atoms with van der Waals surface area (Å²) in [5, 5.41) is 19.0. The zero-order chi connectivity index (χ0) is 21.0. The van der Waals surface area contributed by atoms with E-state index in [1.807, 2.05) is 0 Å². The van der Waals surface area contributed by atoms with E-state index in [9.17, 15) is 23.1 Å². The van der Waals surface area contributed by atoms with Crippen molar-refractivity contribution < 1.29 is 23.1 Å². The van der Waals surface area contributed by atoms with E-state index in [2.05, 4.69) is 26.2 Å². The summed E-state index contributed by atoms with van der Waals surface area (Å²) in [5.74, 6) is -0.0819. The van der Waals surface area contributed by atoms with Gasteiger partial charge in [0.05, 0.1) is 11.0 Å². The van der Waals surface area contributed by atoms with Gasteiger partial charge in [-0.15, -0.1) is 5.10 Å². The molecule has 4 rings (SSSR count). The van der Waals surface area contributed by atoms with E-state index < -0.39 is 22.8 Å². The summed E-state index contributed by atoms with van der Waals surface area (Å²) in [6, 6.07) is 4.69. The molecule has 0 radical (unpaired) electrons. The van der Waals surface area contributed by atoms with Gasteiger partial charge in [0.2, 0.25) is 5.91 Å². The molecule has 2 aliphatic rings. The SMILES string of the molecule is Cn1nnc(Br)c1C1(O)CCC2(CCN(c3ccc(C(F)(F)F)cc3)C2=O)CC1. The zero-order valence-corrected chi connectivity index (χ0v) is 17.3. The van der Waals surface area contributed by atoms with Gasteiger partial charge in [0, 0.05) is 19.3 Å². The number of nitrogens with zero attached hydrogens (tertiary/aromatic N) is 4. The molecule has 1 saturated heterocycles. The topological polar surface area (TPSA) is 71.2 Å². The number of carbonyl (C=O) groups is 1. The van der Waals surface area contributed by atoms with Gasteiger partial charge in [-0.05, 0) is 72.3 Å². The molecule has 29 heavy (non-hydrogen) atoms. The third kappa shape index (κ3) is 3.35. The van der Waals surface area contributed by atoms with E-state index in [1.165, 1.54) is 16.8 Å². The predicted octanol–water partition coefficient (Wildman–Crippen LogP) is 3.78. The van der Waals surface area contributed by atoms with Crippen molar-refractivity contribution in [1.29, 1.82) is 0 Å². The summed E-state index contributed by atoms with van der Waals surface area (Å²) < 4.78 is 40.4. The number of hydrogen-bond acceptors (Lipinski definition) is 4. The first kappa shape index (κ1) is 20.3. The van der Waals surface area contributed by atoms with Gasteiger partial charge in [-0.2, -0.15) is 13.2 Å². The molecule has 1 N–H and O–H groups in total. The number of aliphatic hydroxyl groups is 1. The molecular weight excluding hydrogens is 453 g/mol. The Hall–Kier alpha value is -1.94. The number of anilines is 1. The van der Waals surface area contributed by atoms with Gasteiger partial charge >= 0.3 is 6.18 Å². The molecule has 10 heteroatoms. The Bertz CT molecular complexity index is 914. The summed E-state index contributed by atoms with van der Waals surface area (Å²) >= 11 is 3.32. The van der Waals surface area contributed by atoms with Crippen LogP contribution in [0, 0.1) is 5.41 Å². The molecule has 6 nitrogen and oxygen atoms in total. The highest BCUT2D eigenvalue weighted by molar-refractivity contribution is 9.10. The number of rotatable bonds is 2. The number of benzene rings is 1. The first-order valence-electron chi connectivity index (χ1n) is 9.33. The van der Waals surface area contributed by atoms with Gasteiger partial charge in [-0.1, -0.05) is 5.21 Å². The number of aryl methyl sites for hydroxylation is 1. The first-order chi connectivity index (χ1) is 13.6. The minimum Gasteiger partial charge on any atom is -0.383 e. The summed E-state index contributed by atoms with van der Waals surface area (Å²) in [5.41, 5.74) is -1.38. The molecular formula is C19H20BrF3N4O2. The number of hydrogen-bond donors (Lipinski definition) is 1. The van der Waals surface area contributed by atoms with Crippen LogP contribution in [0.25, 0.3) is 0 Å². The van der Waals surface area contributed by atoms with Crippen LogP contribution in [0.3, 0.4) is 0 Å². The molecule has 2 fully saturated rings. The molecule has 1 saturated carbocycles. The van der Waals surface area contributed by atoms with Gasteiger partial charge in [0.1, 0.15) is 11.3 Å². The molecule has 1 amide bonds. The lowest BCUT2D eigenvalue weighted by Crippen LogP contribution is -2.43. The van der Waals surface area contributed by atoms with Crippen molar-refractivity contribution in [2.45, 2.75) is 43.9 Å². The maximum Gasteiger partial charge on any atom is 0.416 e. The number of carbonyl (C=O) groups excluding carboxylic acids is 1. The highest BCUT2D eigenvalue weighted by Gasteiger charge is 2.53. The second-order valence-corrected chi connectivity index (χ2v) is 8.67. The van der Waals surface area contributed by atoms with E-state index in [0.717, 1.165) is 12.1 Å². The molecule has 0 bridgehead atoms. The zero-order valence-electron chi connectivity index (χ0n) is 15.7. The fraction of sp³-hybridized carbons (Fsp3) is 0.526. The largest absolute Gasteiger partial charge is 0.416 e. The van der Waals surface area contributed by atoms with Crippen molar-refractivity contribution in [3.63, 3.8) is 0 Å². The van der Waals surface area contributed by atoms with E-state index in [4.69, 9.17) is 0 Å². The van der Waals surface area contributed by atoms with Crippen molar-refractivity contribution in [2.24, 2.45) is 12.5 Å². The van der Waals surface area contributed by atoms with E-state index in [0.29, 0.717) is 54.6 Å². The fourth-order valence-electron chi connectivity index (χ4n) is 4.57. The third-order valence-electron chi connectivity index (χ3n) is 6.28. The van der Waals surface area contributed by atoms with Gasteiger partial charge < -0.3 is 10.0 Å². The van der Waals surface area contributed by atoms with Gasteiger partial charge in [-0.25, -0.2) is 4.68 Å². The Labute approximate surface area is 173 Å². The number of halogens is 4. The average molecular weight is 473 g/mol. The third-order valence-corrected chi connectivity index (χ3v) is 6.81. The summed E-state index contributed by atoms with van der Waals surface area (Å²) in [7, 11) is 1.71. The summed E-state index contributed by atoms with van der Waals surface area (Å²) in [6.07, 6.45) is -2.02. The summed E-state index contributed by atoms with van der Waals surface area (Å²) in [4.78, 5) is 14.7. The molecule has 1 aliphatic carbocycles. The normalized spacial score (nSPS) is 27.8. The Morgan fingerprint density at radius 2 is 1.72 bits per heavy atom. The maximum atomic E-state index is 13.2. The van der Waals surface area contributed by atoms with Crippen molar-refractivity contribution in [1.82, 2.24) is 15.0 Å². The van der Waals surface area contributed by atoms with Crippen LogP contribution < -0.4 is 4.90 Å². The van der Waals surface area contributed by atoms with Crippen LogP contribution in [-0.2, 0) is 23.6 Å². The van der Waals surface area contributed by atoms with E-state index >= 15 is 0 Å². The van der Waals surface area contributed by atoms with Crippen molar-refractivity contribution in [3.8, 4) is 0 Å². The molecule has 0 unspecified atom stereocenters. The number of alkyl halides is 3. The van der Waals surface area contributed by atoms with Gasteiger partial charge in [-0.3, -0.25) is 4.79 Å². The Balaban J connectivity index is 1.51. The van der Waals surface area contributed by atoms with Crippen LogP contribution in [0.4, 0.5) is 18.9 Å². The maximum absolute atomic E-state index is 13.2. The monoisotopic (exact) mass is 472 g/mol. The van der Waals surface area contributed by atoms with E-state index in [-0.39, 0.29) is 5.91 Å². The first-order valence-corrected chi connectivity index (χ1v) is 10.1. The van der Waals surface area contributed by atoms with Crippen molar-refractivity contribution >= 4 is 27.5 Å². The standard InChI is InChI=1S/C19H20BrF3N4O2/c1-26-14(15(20)24-25-26)18(29)8-6-17(7-9-18)10-11-27(16(17)28)13-4-2-12(3-5-13)19(21,22)23/h2-5,29H,6-11H2,1H3. The second-order valence-electron chi connectivity index (χ2n) is 7.92. The minimum absolute atomic E-state index is 0.0819. The van der Waals surface area contributed by atoms with Crippen LogP contribution in [0.2, 0.25) is 0 Å². The second kappa shape index (κ2) is 6.80. The molecule has 1 aliphatic heterocycles. The highest BCUT2D eigenvalue weighted by Crippen LogP contribution is 2.52. The molecule has 1 aromatic carbocycles. The summed E-state index contributed by atoms with van der Waals surface area (Å²) in [6.45, 7) is 0.458. The van der Waals surface area contributed by atoms with Crippen molar-refractivity contribution in [2.75, 3.05) is 11.4 Å². The van der Waals surface area contributed by atoms with Crippen LogP contribution in [-0.4, -0.2) is 32.6 Å². The molecule has 1 spiro atoms. The molecule has 156 valence electrons. The van der Waals surface area contributed by atoms with Crippen LogP contribution in [0.1, 0.15) is 43.4 Å². The molecule has 2 heterocycles. The lowest BCUT2D eigenvalue weighted by atomic mass is 9.67. The minimum atomic E-state index is -4.41. The Morgan fingerprint density at radius 3 is 2.24 bits per heavy atom. The average Bonchev–Trinajstić information content (AvgIpc) is 3.18. The highest BCUT2D eigenvalue weighted by atomic mass is 79.9. The van der Waals surface area contributed by atoms with E-state index in [1.54, 1.807) is 11.9 Å². The molecule has 0 atom stereocenters. The van der Waals surface area contributed by atoms with Crippen LogP contribution in [0.15, 0.2) is 28.9 Å². The Morgan fingerprint density at radius 1 is 1.10 bits per heavy atom. The van der Waals surface area contributed by atoms with Crippen molar-refractivity contribution in [3.05, 3.63) is 40.1 Å². The quantitative estimate of drug-likeness (QED) is 0.721. The van der Waals surface area contributed by atoms with Gasteiger partial charge in [0.25, 0.3) is 0 Å². The van der Waals surface area contributed by atoms with Crippen LogP contribution >= 0.6 is 15.9 Å². The van der Waals surface area contributed by atoms with Crippen LogP contribution in [0.5, 0.6) is 0 Å². The number of amides is 1.